The van der Waals surface area contributed by atoms with E-state index in [1.165, 1.54) is 0 Å². The topological polar surface area (TPSA) is 129 Å². The van der Waals surface area contributed by atoms with Crippen molar-refractivity contribution >= 4 is 23.5 Å². The maximum atomic E-state index is 11.9. The zero-order valence-corrected chi connectivity index (χ0v) is 13.1. The summed E-state index contributed by atoms with van der Waals surface area (Å²) in [5, 5.41) is 27.4. The molecule has 1 fully saturated rings. The van der Waals surface area contributed by atoms with Gasteiger partial charge in [0, 0.05) is 38.0 Å². The van der Waals surface area contributed by atoms with E-state index < -0.39 is 18.0 Å². The molecule has 0 aromatic heterocycles. The summed E-state index contributed by atoms with van der Waals surface area (Å²) in [5.41, 5.74) is 0. The number of hydrogen-bond acceptors (Lipinski definition) is 5. The molecule has 7 nitrogen and oxygen atoms in total. The van der Waals surface area contributed by atoms with Gasteiger partial charge < -0.3 is 15.3 Å². The van der Waals surface area contributed by atoms with Crippen LogP contribution in [0.5, 0.6) is 0 Å². The third kappa shape index (κ3) is 6.90. The molecule has 0 unspecified atom stereocenters. The number of aliphatic hydroxyl groups is 1. The van der Waals surface area contributed by atoms with Crippen molar-refractivity contribution in [2.24, 2.45) is 11.8 Å². The standard InChI is InChI=1S/C16H24O7/c17-10(3-1-5-15(20)21)9-14(19)12-7-8-13(18)11(12)4-2-6-16(22)23/h11-12,14,19H,1-9H2,(H,20,21)(H,22,23)/t11-,12+,14-/m1/s1. The van der Waals surface area contributed by atoms with Crippen molar-refractivity contribution < 1.29 is 34.5 Å². The minimum absolute atomic E-state index is 0.0132. The normalized spacial score (nSPS) is 22.0. The van der Waals surface area contributed by atoms with Crippen molar-refractivity contribution in [2.45, 2.75) is 63.9 Å². The van der Waals surface area contributed by atoms with Crippen LogP contribution in [0.3, 0.4) is 0 Å². The van der Waals surface area contributed by atoms with Gasteiger partial charge in [-0.1, -0.05) is 0 Å². The summed E-state index contributed by atoms with van der Waals surface area (Å²) in [6.07, 6.45) is 0.915. The van der Waals surface area contributed by atoms with E-state index in [9.17, 15) is 24.3 Å². The number of carboxylic acids is 2. The van der Waals surface area contributed by atoms with Crippen LogP contribution < -0.4 is 0 Å². The molecule has 3 N–H and O–H groups in total. The van der Waals surface area contributed by atoms with Crippen molar-refractivity contribution in [1.82, 2.24) is 0 Å². The lowest BCUT2D eigenvalue weighted by molar-refractivity contribution is -0.138. The van der Waals surface area contributed by atoms with E-state index in [1.54, 1.807) is 0 Å². The number of carbonyl (C=O) groups excluding carboxylic acids is 2. The van der Waals surface area contributed by atoms with Crippen LogP contribution in [0, 0.1) is 11.8 Å². The van der Waals surface area contributed by atoms with Crippen LogP contribution in [0.25, 0.3) is 0 Å². The molecule has 3 atom stereocenters. The second kappa shape index (κ2) is 9.39. The maximum Gasteiger partial charge on any atom is 0.303 e. The zero-order valence-electron chi connectivity index (χ0n) is 13.1. The highest BCUT2D eigenvalue weighted by Crippen LogP contribution is 2.36. The molecule has 1 rings (SSSR count). The third-order valence-electron chi connectivity index (χ3n) is 4.34. The molecular formula is C16H24O7. The van der Waals surface area contributed by atoms with Crippen LogP contribution >= 0.6 is 0 Å². The lowest BCUT2D eigenvalue weighted by atomic mass is 9.84. The molecule has 23 heavy (non-hydrogen) atoms. The summed E-state index contributed by atoms with van der Waals surface area (Å²) in [7, 11) is 0. The van der Waals surface area contributed by atoms with Gasteiger partial charge in [-0.25, -0.2) is 0 Å². The average Bonchev–Trinajstić information content (AvgIpc) is 2.79. The Kier molecular flexibility index (Phi) is 7.88. The first-order valence-corrected chi connectivity index (χ1v) is 7.97. The number of aliphatic hydroxyl groups excluding tert-OH is 1. The maximum absolute atomic E-state index is 11.9. The molecule has 0 heterocycles. The van der Waals surface area contributed by atoms with Crippen molar-refractivity contribution in [3.8, 4) is 0 Å². The smallest absolute Gasteiger partial charge is 0.303 e. The molecule has 1 aliphatic carbocycles. The first-order valence-electron chi connectivity index (χ1n) is 7.97. The quantitative estimate of drug-likeness (QED) is 0.523. The molecule has 1 saturated carbocycles. The van der Waals surface area contributed by atoms with Crippen LogP contribution in [-0.4, -0.2) is 44.9 Å². The summed E-state index contributed by atoms with van der Waals surface area (Å²) in [6.45, 7) is 0. The van der Waals surface area contributed by atoms with E-state index >= 15 is 0 Å². The van der Waals surface area contributed by atoms with Gasteiger partial charge in [-0.15, -0.1) is 0 Å². The van der Waals surface area contributed by atoms with Gasteiger partial charge in [0.15, 0.2) is 0 Å². The van der Waals surface area contributed by atoms with Crippen LogP contribution in [0.1, 0.15) is 57.8 Å². The summed E-state index contributed by atoms with van der Waals surface area (Å²) in [5.74, 6) is -2.74. The van der Waals surface area contributed by atoms with E-state index in [4.69, 9.17) is 10.2 Å². The second-order valence-electron chi connectivity index (χ2n) is 6.12. The zero-order chi connectivity index (χ0) is 17.4. The Labute approximate surface area is 134 Å². The molecule has 1 aliphatic rings. The monoisotopic (exact) mass is 328 g/mol. The van der Waals surface area contributed by atoms with Gasteiger partial charge >= 0.3 is 11.9 Å². The Morgan fingerprint density at radius 1 is 1.04 bits per heavy atom. The highest BCUT2D eigenvalue weighted by molar-refractivity contribution is 5.84. The van der Waals surface area contributed by atoms with Crippen molar-refractivity contribution in [3.63, 3.8) is 0 Å². The number of ketones is 2. The Morgan fingerprint density at radius 2 is 1.65 bits per heavy atom. The SMILES string of the molecule is O=C(O)CCCC(=O)C[C@@H](O)[C@H]1CCC(=O)[C@@H]1CCCC(=O)O. The molecule has 0 aromatic rings. The molecule has 7 heteroatoms. The number of carbonyl (C=O) groups is 4. The predicted octanol–water partition coefficient (Wildman–Crippen LogP) is 1.41. The van der Waals surface area contributed by atoms with Crippen LogP contribution in [0.2, 0.25) is 0 Å². The second-order valence-corrected chi connectivity index (χ2v) is 6.12. The first-order chi connectivity index (χ1) is 10.8. The fraction of sp³-hybridized carbons (Fsp3) is 0.750. The first kappa shape index (κ1) is 19.3. The molecule has 0 amide bonds. The van der Waals surface area contributed by atoms with Crippen LogP contribution in [0.15, 0.2) is 0 Å². The van der Waals surface area contributed by atoms with Crippen LogP contribution in [0.4, 0.5) is 0 Å². The summed E-state index contributed by atoms with van der Waals surface area (Å²) < 4.78 is 0. The molecule has 0 aliphatic heterocycles. The third-order valence-corrected chi connectivity index (χ3v) is 4.34. The average molecular weight is 328 g/mol. The van der Waals surface area contributed by atoms with Crippen molar-refractivity contribution in [2.75, 3.05) is 0 Å². The van der Waals surface area contributed by atoms with Gasteiger partial charge in [-0.05, 0) is 31.6 Å². The summed E-state index contributed by atoms with van der Waals surface area (Å²) >= 11 is 0. The van der Waals surface area contributed by atoms with Gasteiger partial charge in [0.05, 0.1) is 6.10 Å². The highest BCUT2D eigenvalue weighted by atomic mass is 16.4. The van der Waals surface area contributed by atoms with Gasteiger partial charge in [0.1, 0.15) is 11.6 Å². The molecule has 0 bridgehead atoms. The predicted molar refractivity (Wildman–Crippen MR) is 79.8 cm³/mol. The van der Waals surface area contributed by atoms with E-state index in [0.29, 0.717) is 25.7 Å². The lowest BCUT2D eigenvalue weighted by Gasteiger charge is -2.23. The van der Waals surface area contributed by atoms with Gasteiger partial charge in [0.25, 0.3) is 0 Å². The lowest BCUT2D eigenvalue weighted by Crippen LogP contribution is -2.29. The number of rotatable bonds is 11. The minimum atomic E-state index is -0.960. The molecular weight excluding hydrogens is 304 g/mol. The number of aliphatic carboxylic acids is 2. The Morgan fingerprint density at radius 3 is 2.26 bits per heavy atom. The molecule has 0 radical (unpaired) electrons. The minimum Gasteiger partial charge on any atom is -0.481 e. The number of hydrogen-bond donors (Lipinski definition) is 3. The molecule has 0 saturated heterocycles. The van der Waals surface area contributed by atoms with Gasteiger partial charge in [-0.3, -0.25) is 19.2 Å². The van der Waals surface area contributed by atoms with Crippen molar-refractivity contribution in [1.29, 1.82) is 0 Å². The molecule has 0 aromatic carbocycles. The fourth-order valence-electron chi connectivity index (χ4n) is 3.17. The van der Waals surface area contributed by atoms with E-state index in [1.807, 2.05) is 0 Å². The van der Waals surface area contributed by atoms with Gasteiger partial charge in [-0.2, -0.15) is 0 Å². The van der Waals surface area contributed by atoms with E-state index in [0.717, 1.165) is 0 Å². The van der Waals surface area contributed by atoms with Crippen LogP contribution in [-0.2, 0) is 19.2 Å². The summed E-state index contributed by atoms with van der Waals surface area (Å²) in [6, 6.07) is 0. The molecule has 130 valence electrons. The molecule has 0 spiro atoms. The Balaban J connectivity index is 2.44. The number of Topliss-reactive ketones (excluding diaryl/α,β-unsaturated/α-hetero) is 2. The number of carboxylic acid groups (broad SMARTS) is 2. The highest BCUT2D eigenvalue weighted by Gasteiger charge is 2.38. The van der Waals surface area contributed by atoms with Crippen molar-refractivity contribution in [3.05, 3.63) is 0 Å². The van der Waals surface area contributed by atoms with E-state index in [-0.39, 0.29) is 55.5 Å². The Hall–Kier alpha value is -1.76. The Bertz CT molecular complexity index is 457. The van der Waals surface area contributed by atoms with E-state index in [2.05, 4.69) is 0 Å². The summed E-state index contributed by atoms with van der Waals surface area (Å²) in [4.78, 5) is 44.6. The fourth-order valence-corrected chi connectivity index (χ4v) is 3.17. The largest absolute Gasteiger partial charge is 0.481 e. The van der Waals surface area contributed by atoms with Gasteiger partial charge in [0.2, 0.25) is 0 Å².